The normalized spacial score (nSPS) is 22.3. The molecule has 2 aromatic heterocycles. The molecule has 0 radical (unpaired) electrons. The monoisotopic (exact) mass is 384 g/mol. The van der Waals surface area contributed by atoms with Crippen molar-refractivity contribution in [3.63, 3.8) is 0 Å². The van der Waals surface area contributed by atoms with E-state index in [4.69, 9.17) is 0 Å². The molecule has 0 spiro atoms. The fourth-order valence-corrected chi connectivity index (χ4v) is 5.14. The number of rotatable bonds is 5. The van der Waals surface area contributed by atoms with Crippen LogP contribution in [0.25, 0.3) is 4.96 Å². The number of aryl methyl sites for hydroxylation is 1. The molecule has 3 heterocycles. The lowest BCUT2D eigenvalue weighted by molar-refractivity contribution is 0.293. The van der Waals surface area contributed by atoms with Gasteiger partial charge >= 0.3 is 0 Å². The van der Waals surface area contributed by atoms with Crippen LogP contribution in [-0.4, -0.2) is 48.1 Å². The van der Waals surface area contributed by atoms with Crippen molar-refractivity contribution in [2.24, 2.45) is 11.8 Å². The zero-order valence-electron chi connectivity index (χ0n) is 14.9. The van der Waals surface area contributed by atoms with Gasteiger partial charge in [0.15, 0.2) is 4.96 Å². The maximum Gasteiger partial charge on any atom is 0.258 e. The maximum atomic E-state index is 12.2. The standard InChI is InChI=1S/C16H24N4O3S2/c1-10(2)13-8-19(9-14(13)18-25(4,22)23)7-12-5-15(21)20-6-11(3)24-16(20)17-12/h5-6,10,13-14,18H,7-9H2,1-4H3/t13-,14+/m0/s1. The lowest BCUT2D eigenvalue weighted by atomic mass is 9.92. The summed E-state index contributed by atoms with van der Waals surface area (Å²) < 4.78 is 27.6. The molecule has 1 saturated heterocycles. The predicted octanol–water partition coefficient (Wildman–Crippen LogP) is 1.07. The Morgan fingerprint density at radius 1 is 1.40 bits per heavy atom. The summed E-state index contributed by atoms with van der Waals surface area (Å²) in [5.74, 6) is 0.605. The van der Waals surface area contributed by atoms with Gasteiger partial charge in [-0.2, -0.15) is 0 Å². The van der Waals surface area contributed by atoms with E-state index < -0.39 is 10.0 Å². The quantitative estimate of drug-likeness (QED) is 0.834. The molecule has 1 fully saturated rings. The van der Waals surface area contributed by atoms with Gasteiger partial charge in [-0.1, -0.05) is 13.8 Å². The third-order valence-electron chi connectivity index (χ3n) is 4.58. The van der Waals surface area contributed by atoms with Crippen LogP contribution in [0, 0.1) is 18.8 Å². The second-order valence-electron chi connectivity index (χ2n) is 7.18. The summed E-state index contributed by atoms with van der Waals surface area (Å²) >= 11 is 1.49. The summed E-state index contributed by atoms with van der Waals surface area (Å²) in [6.45, 7) is 8.13. The van der Waals surface area contributed by atoms with E-state index in [1.807, 2.05) is 6.92 Å². The van der Waals surface area contributed by atoms with Gasteiger partial charge in [0.1, 0.15) is 0 Å². The van der Waals surface area contributed by atoms with Gasteiger partial charge < -0.3 is 0 Å². The van der Waals surface area contributed by atoms with Gasteiger partial charge in [-0.3, -0.25) is 14.1 Å². The molecule has 0 amide bonds. The number of aromatic nitrogens is 2. The smallest absolute Gasteiger partial charge is 0.258 e. The Kier molecular flexibility index (Phi) is 5.02. The first-order chi connectivity index (χ1) is 11.6. The van der Waals surface area contributed by atoms with Crippen molar-refractivity contribution in [3.05, 3.63) is 33.2 Å². The third kappa shape index (κ3) is 4.28. The van der Waals surface area contributed by atoms with E-state index in [0.717, 1.165) is 17.1 Å². The van der Waals surface area contributed by atoms with Crippen molar-refractivity contribution in [2.45, 2.75) is 33.4 Å². The van der Waals surface area contributed by atoms with Crippen LogP contribution in [0.15, 0.2) is 17.1 Å². The first-order valence-corrected chi connectivity index (χ1v) is 11.0. The second kappa shape index (κ2) is 6.79. The summed E-state index contributed by atoms with van der Waals surface area (Å²) in [7, 11) is -3.25. The van der Waals surface area contributed by atoms with E-state index in [1.54, 1.807) is 16.7 Å². The van der Waals surface area contributed by atoms with Crippen LogP contribution in [0.1, 0.15) is 24.4 Å². The van der Waals surface area contributed by atoms with Gasteiger partial charge in [0.05, 0.1) is 11.9 Å². The first-order valence-electron chi connectivity index (χ1n) is 8.31. The van der Waals surface area contributed by atoms with Crippen molar-refractivity contribution in [1.29, 1.82) is 0 Å². The average Bonchev–Trinajstić information content (AvgIpc) is 3.00. The minimum Gasteiger partial charge on any atom is -0.296 e. The molecular formula is C16H24N4O3S2. The van der Waals surface area contributed by atoms with Crippen molar-refractivity contribution < 1.29 is 8.42 Å². The predicted molar refractivity (Wildman–Crippen MR) is 99.4 cm³/mol. The van der Waals surface area contributed by atoms with Crippen molar-refractivity contribution in [1.82, 2.24) is 19.0 Å². The van der Waals surface area contributed by atoms with Crippen LogP contribution in [0.3, 0.4) is 0 Å². The van der Waals surface area contributed by atoms with E-state index >= 15 is 0 Å². The highest BCUT2D eigenvalue weighted by atomic mass is 32.2. The summed E-state index contributed by atoms with van der Waals surface area (Å²) in [4.78, 5) is 20.7. The maximum absolute atomic E-state index is 12.2. The Balaban J connectivity index is 1.80. The van der Waals surface area contributed by atoms with E-state index in [1.165, 1.54) is 17.6 Å². The minimum absolute atomic E-state index is 0.0743. The Labute approximate surface area is 151 Å². The number of fused-ring (bicyclic) bond motifs is 1. The Bertz CT molecular complexity index is 932. The molecule has 0 saturated carbocycles. The van der Waals surface area contributed by atoms with Crippen LogP contribution in [0.5, 0.6) is 0 Å². The van der Waals surface area contributed by atoms with E-state index in [9.17, 15) is 13.2 Å². The van der Waals surface area contributed by atoms with Crippen LogP contribution in [0.2, 0.25) is 0 Å². The summed E-state index contributed by atoms with van der Waals surface area (Å²) in [5.41, 5.74) is 0.657. The lowest BCUT2D eigenvalue weighted by Crippen LogP contribution is -2.41. The van der Waals surface area contributed by atoms with Crippen molar-refractivity contribution in [3.8, 4) is 0 Å². The molecule has 25 heavy (non-hydrogen) atoms. The molecule has 2 aromatic rings. The van der Waals surface area contributed by atoms with Crippen LogP contribution in [0.4, 0.5) is 0 Å². The number of thiazole rings is 1. The fraction of sp³-hybridized carbons (Fsp3) is 0.625. The van der Waals surface area contributed by atoms with Crippen LogP contribution >= 0.6 is 11.3 Å². The molecular weight excluding hydrogens is 360 g/mol. The number of nitrogens with one attached hydrogen (secondary N) is 1. The van der Waals surface area contributed by atoms with Crippen LogP contribution in [-0.2, 0) is 16.6 Å². The summed E-state index contributed by atoms with van der Waals surface area (Å²) in [5, 5.41) is 0. The van der Waals surface area contributed by atoms with Crippen molar-refractivity contribution in [2.75, 3.05) is 19.3 Å². The van der Waals surface area contributed by atoms with Gasteiger partial charge in [0.25, 0.3) is 5.56 Å². The Morgan fingerprint density at radius 3 is 2.76 bits per heavy atom. The highest BCUT2D eigenvalue weighted by Gasteiger charge is 2.36. The highest BCUT2D eigenvalue weighted by Crippen LogP contribution is 2.26. The lowest BCUT2D eigenvalue weighted by Gasteiger charge is -2.21. The van der Waals surface area contributed by atoms with Crippen molar-refractivity contribution >= 4 is 26.3 Å². The Hall–Kier alpha value is -1.29. The Morgan fingerprint density at radius 2 is 2.12 bits per heavy atom. The third-order valence-corrected chi connectivity index (χ3v) is 6.21. The average molecular weight is 385 g/mol. The number of hydrogen-bond donors (Lipinski definition) is 1. The van der Waals surface area contributed by atoms with Crippen LogP contribution < -0.4 is 10.3 Å². The number of nitrogens with zero attached hydrogens (tertiary/aromatic N) is 3. The zero-order chi connectivity index (χ0) is 18.4. The molecule has 1 N–H and O–H groups in total. The summed E-state index contributed by atoms with van der Waals surface area (Å²) in [6.07, 6.45) is 3.00. The first kappa shape index (κ1) is 18.5. The van der Waals surface area contributed by atoms with Gasteiger partial charge in [0.2, 0.25) is 10.0 Å². The molecule has 1 aliphatic heterocycles. The van der Waals surface area contributed by atoms with Gasteiger partial charge in [-0.25, -0.2) is 18.1 Å². The minimum atomic E-state index is -3.25. The molecule has 3 rings (SSSR count). The highest BCUT2D eigenvalue weighted by molar-refractivity contribution is 7.88. The molecule has 7 nitrogen and oxygen atoms in total. The molecule has 2 atom stereocenters. The molecule has 0 unspecified atom stereocenters. The molecule has 9 heteroatoms. The number of sulfonamides is 1. The fourth-order valence-electron chi connectivity index (χ4n) is 3.49. The zero-order valence-corrected chi connectivity index (χ0v) is 16.5. The molecule has 0 aromatic carbocycles. The molecule has 0 bridgehead atoms. The van der Waals surface area contributed by atoms with E-state index in [-0.39, 0.29) is 17.5 Å². The van der Waals surface area contributed by atoms with Gasteiger partial charge in [0, 0.05) is 42.8 Å². The number of likely N-dealkylation sites (tertiary alicyclic amines) is 1. The SMILES string of the molecule is Cc1cn2c(=O)cc(CN3C[C@@H](NS(C)(=O)=O)[C@H](C(C)C)C3)nc2s1. The van der Waals surface area contributed by atoms with E-state index in [0.29, 0.717) is 24.0 Å². The largest absolute Gasteiger partial charge is 0.296 e. The molecule has 138 valence electrons. The van der Waals surface area contributed by atoms with Gasteiger partial charge in [-0.15, -0.1) is 11.3 Å². The topological polar surface area (TPSA) is 83.8 Å². The van der Waals surface area contributed by atoms with E-state index in [2.05, 4.69) is 28.5 Å². The summed E-state index contributed by atoms with van der Waals surface area (Å²) in [6, 6.07) is 1.46. The second-order valence-corrected chi connectivity index (χ2v) is 10.2. The molecule has 0 aliphatic carbocycles. The molecule has 1 aliphatic rings. The van der Waals surface area contributed by atoms with Gasteiger partial charge in [-0.05, 0) is 18.8 Å². The number of hydrogen-bond acceptors (Lipinski definition) is 6.